The maximum atomic E-state index is 9.61. The lowest BCUT2D eigenvalue weighted by atomic mass is 9.96. The maximum Gasteiger partial charge on any atom is 0.108 e. The average molecular weight is 290 g/mol. The lowest BCUT2D eigenvalue weighted by Crippen LogP contribution is -2.57. The first-order valence-electron chi connectivity index (χ1n) is 8.91. The number of nitrogens with zero attached hydrogens (tertiary/aromatic N) is 3. The van der Waals surface area contributed by atoms with Gasteiger partial charge in [-0.2, -0.15) is 5.26 Å². The van der Waals surface area contributed by atoms with E-state index >= 15 is 0 Å². The van der Waals surface area contributed by atoms with Gasteiger partial charge in [0.05, 0.1) is 6.07 Å². The van der Waals surface area contributed by atoms with Crippen LogP contribution in [-0.4, -0.2) is 60.1 Å². The van der Waals surface area contributed by atoms with Gasteiger partial charge >= 0.3 is 0 Å². The summed E-state index contributed by atoms with van der Waals surface area (Å²) >= 11 is 0. The molecular formula is C17H30N4. The zero-order valence-electron chi connectivity index (χ0n) is 13.5. The highest BCUT2D eigenvalue weighted by molar-refractivity contribution is 5.13. The summed E-state index contributed by atoms with van der Waals surface area (Å²) in [5.74, 6) is 0. The van der Waals surface area contributed by atoms with Gasteiger partial charge in [0.1, 0.15) is 5.54 Å². The largest absolute Gasteiger partial charge is 0.299 e. The molecule has 3 unspecified atom stereocenters. The van der Waals surface area contributed by atoms with Crippen LogP contribution in [-0.2, 0) is 0 Å². The monoisotopic (exact) mass is 290 g/mol. The highest BCUT2D eigenvalue weighted by Crippen LogP contribution is 2.34. The smallest absolute Gasteiger partial charge is 0.108 e. The predicted molar refractivity (Wildman–Crippen MR) is 85.1 cm³/mol. The Bertz CT molecular complexity index is 391. The van der Waals surface area contributed by atoms with E-state index < -0.39 is 0 Å². The second kappa shape index (κ2) is 6.64. The van der Waals surface area contributed by atoms with Crippen molar-refractivity contribution in [2.75, 3.05) is 32.7 Å². The first-order chi connectivity index (χ1) is 10.3. The van der Waals surface area contributed by atoms with Crippen molar-refractivity contribution in [3.63, 3.8) is 0 Å². The Morgan fingerprint density at radius 1 is 1.14 bits per heavy atom. The van der Waals surface area contributed by atoms with Gasteiger partial charge in [0.2, 0.25) is 0 Å². The highest BCUT2D eigenvalue weighted by atomic mass is 15.3. The number of rotatable bonds is 4. The first-order valence-corrected chi connectivity index (χ1v) is 8.91. The molecule has 0 bridgehead atoms. The van der Waals surface area contributed by atoms with Crippen LogP contribution in [0.2, 0.25) is 0 Å². The fraction of sp³-hybridized carbons (Fsp3) is 0.941. The minimum atomic E-state index is -0.246. The Morgan fingerprint density at radius 2 is 2.00 bits per heavy atom. The van der Waals surface area contributed by atoms with Gasteiger partial charge in [-0.15, -0.1) is 0 Å². The van der Waals surface area contributed by atoms with Crippen molar-refractivity contribution in [2.24, 2.45) is 0 Å². The third kappa shape index (κ3) is 3.26. The van der Waals surface area contributed by atoms with Crippen LogP contribution in [0.5, 0.6) is 0 Å². The minimum absolute atomic E-state index is 0.246. The van der Waals surface area contributed by atoms with Gasteiger partial charge in [-0.25, -0.2) is 0 Å². The molecule has 21 heavy (non-hydrogen) atoms. The van der Waals surface area contributed by atoms with Gasteiger partial charge in [-0.1, -0.05) is 13.3 Å². The molecule has 3 atom stereocenters. The predicted octanol–water partition coefficient (Wildman–Crippen LogP) is 1.97. The molecule has 3 aliphatic rings. The summed E-state index contributed by atoms with van der Waals surface area (Å²) < 4.78 is 0. The molecule has 0 aromatic rings. The Hall–Kier alpha value is -0.630. The summed E-state index contributed by atoms with van der Waals surface area (Å²) in [5.41, 5.74) is -0.246. The number of piperazine rings is 1. The van der Waals surface area contributed by atoms with Crippen LogP contribution in [0.15, 0.2) is 0 Å². The second-order valence-electron chi connectivity index (χ2n) is 7.20. The fourth-order valence-electron chi connectivity index (χ4n) is 4.51. The van der Waals surface area contributed by atoms with Crippen LogP contribution in [0.4, 0.5) is 0 Å². The van der Waals surface area contributed by atoms with Crippen LogP contribution < -0.4 is 5.32 Å². The topological polar surface area (TPSA) is 42.3 Å². The summed E-state index contributed by atoms with van der Waals surface area (Å²) in [4.78, 5) is 5.39. The van der Waals surface area contributed by atoms with Crippen LogP contribution in [0.1, 0.15) is 51.9 Å². The van der Waals surface area contributed by atoms with Crippen LogP contribution in [0.25, 0.3) is 0 Å². The Morgan fingerprint density at radius 3 is 2.81 bits per heavy atom. The SMILES string of the molecule is CCCNC1(C#N)CCC(N2CCN3CCCCC3C2)C1. The van der Waals surface area contributed by atoms with Crippen LogP contribution >= 0.6 is 0 Å². The summed E-state index contributed by atoms with van der Waals surface area (Å²) in [6, 6.07) is 4.00. The molecule has 2 saturated heterocycles. The standard InChI is InChI=1S/C17H30N4/c1-2-8-19-17(14-18)7-6-15(12-17)21-11-10-20-9-4-3-5-16(20)13-21/h15-16,19H,2-13H2,1H3. The number of nitriles is 1. The molecule has 0 aromatic heterocycles. The number of hydrogen-bond donors (Lipinski definition) is 1. The average Bonchev–Trinajstić information content (AvgIpc) is 2.97. The third-order valence-corrected chi connectivity index (χ3v) is 5.80. The van der Waals surface area contributed by atoms with Gasteiger partial charge in [0.25, 0.3) is 0 Å². The number of hydrogen-bond acceptors (Lipinski definition) is 4. The molecule has 0 aromatic carbocycles. The molecule has 1 N–H and O–H groups in total. The van der Waals surface area contributed by atoms with E-state index in [9.17, 15) is 5.26 Å². The van der Waals surface area contributed by atoms with E-state index in [2.05, 4.69) is 28.1 Å². The molecule has 4 nitrogen and oxygen atoms in total. The van der Waals surface area contributed by atoms with Crippen molar-refractivity contribution in [3.8, 4) is 6.07 Å². The van der Waals surface area contributed by atoms with Crippen molar-refractivity contribution in [1.82, 2.24) is 15.1 Å². The van der Waals surface area contributed by atoms with E-state index in [0.717, 1.165) is 31.8 Å². The molecule has 4 heteroatoms. The molecule has 0 radical (unpaired) electrons. The quantitative estimate of drug-likeness (QED) is 0.859. The molecule has 2 aliphatic heterocycles. The van der Waals surface area contributed by atoms with E-state index in [1.54, 1.807) is 0 Å². The molecular weight excluding hydrogens is 260 g/mol. The lowest BCUT2D eigenvalue weighted by Gasteiger charge is -2.46. The zero-order valence-corrected chi connectivity index (χ0v) is 13.5. The molecule has 0 amide bonds. The maximum absolute atomic E-state index is 9.61. The van der Waals surface area contributed by atoms with Gasteiger partial charge in [-0.3, -0.25) is 15.1 Å². The molecule has 1 saturated carbocycles. The van der Waals surface area contributed by atoms with Crippen molar-refractivity contribution in [3.05, 3.63) is 0 Å². The molecule has 2 heterocycles. The summed E-state index contributed by atoms with van der Waals surface area (Å²) in [5, 5.41) is 13.1. The molecule has 3 rings (SSSR count). The zero-order chi connectivity index (χ0) is 14.7. The lowest BCUT2D eigenvalue weighted by molar-refractivity contribution is 0.0276. The molecule has 3 fully saturated rings. The Labute approximate surface area is 129 Å². The van der Waals surface area contributed by atoms with Gasteiger partial charge in [-0.05, 0) is 51.6 Å². The first kappa shape index (κ1) is 15.3. The van der Waals surface area contributed by atoms with E-state index in [0.29, 0.717) is 6.04 Å². The van der Waals surface area contributed by atoms with Crippen molar-refractivity contribution < 1.29 is 0 Å². The minimum Gasteiger partial charge on any atom is -0.299 e. The fourth-order valence-corrected chi connectivity index (χ4v) is 4.51. The second-order valence-corrected chi connectivity index (χ2v) is 7.20. The highest BCUT2D eigenvalue weighted by Gasteiger charge is 2.42. The van der Waals surface area contributed by atoms with Crippen molar-refractivity contribution >= 4 is 0 Å². The number of nitrogens with one attached hydrogen (secondary N) is 1. The van der Waals surface area contributed by atoms with Gasteiger partial charge < -0.3 is 0 Å². The summed E-state index contributed by atoms with van der Waals surface area (Å²) in [7, 11) is 0. The summed E-state index contributed by atoms with van der Waals surface area (Å²) in [6.07, 6.45) is 8.51. The van der Waals surface area contributed by atoms with Gasteiger partial charge in [0, 0.05) is 31.7 Å². The molecule has 0 spiro atoms. The normalized spacial score (nSPS) is 38.1. The van der Waals surface area contributed by atoms with Crippen LogP contribution in [0.3, 0.4) is 0 Å². The van der Waals surface area contributed by atoms with Crippen LogP contribution in [0, 0.1) is 11.3 Å². The van der Waals surface area contributed by atoms with E-state index in [1.165, 1.54) is 51.9 Å². The molecule has 1 aliphatic carbocycles. The molecule has 118 valence electrons. The third-order valence-electron chi connectivity index (χ3n) is 5.80. The van der Waals surface area contributed by atoms with E-state index in [4.69, 9.17) is 0 Å². The van der Waals surface area contributed by atoms with E-state index in [1.807, 2.05) is 0 Å². The van der Waals surface area contributed by atoms with E-state index in [-0.39, 0.29) is 5.54 Å². The number of piperidine rings is 1. The van der Waals surface area contributed by atoms with Gasteiger partial charge in [0.15, 0.2) is 0 Å². The Kier molecular flexibility index (Phi) is 4.83. The van der Waals surface area contributed by atoms with Crippen molar-refractivity contribution in [2.45, 2.75) is 69.5 Å². The Balaban J connectivity index is 1.57. The summed E-state index contributed by atoms with van der Waals surface area (Å²) in [6.45, 7) is 8.13. The number of fused-ring (bicyclic) bond motifs is 1. The van der Waals surface area contributed by atoms with Crippen molar-refractivity contribution in [1.29, 1.82) is 5.26 Å².